The quantitative estimate of drug-likeness (QED) is 0.493. The normalized spacial score (nSPS) is 12.1. The number of aromatic amines is 1. The van der Waals surface area contributed by atoms with Crippen LogP contribution >= 0.6 is 18.8 Å². The zero-order valence-electron chi connectivity index (χ0n) is 6.85. The second-order valence-electron chi connectivity index (χ2n) is 2.44. The number of H-pyrrole nitrogens is 1. The van der Waals surface area contributed by atoms with Crippen molar-refractivity contribution in [3.05, 3.63) is 10.4 Å². The molecule has 0 aliphatic rings. The van der Waals surface area contributed by atoms with Gasteiger partial charge in [0.05, 0.1) is 0 Å². The predicted molar refractivity (Wildman–Crippen MR) is 56.4 cm³/mol. The third-order valence-electron chi connectivity index (χ3n) is 1.55. The summed E-state index contributed by atoms with van der Waals surface area (Å²) in [4.78, 5) is 21.8. The molecule has 0 amide bonds. The van der Waals surface area contributed by atoms with Gasteiger partial charge in [0, 0.05) is 0 Å². The van der Waals surface area contributed by atoms with Crippen molar-refractivity contribution in [1.82, 2.24) is 18.1 Å². The first-order valence-electron chi connectivity index (χ1n) is 3.44. The molecule has 0 fully saturated rings. The van der Waals surface area contributed by atoms with E-state index in [0.29, 0.717) is 10.4 Å². The summed E-state index contributed by atoms with van der Waals surface area (Å²) < 4.78 is 2.06. The van der Waals surface area contributed by atoms with Crippen molar-refractivity contribution in [2.45, 2.75) is 0 Å². The molecular formula is C5H4Cl2N5OPtSe. The van der Waals surface area contributed by atoms with E-state index in [1.807, 2.05) is 0 Å². The number of rotatable bonds is 1. The molecule has 2 heterocycles. The van der Waals surface area contributed by atoms with Gasteiger partial charge in [0.1, 0.15) is 0 Å². The fourth-order valence-electron chi connectivity index (χ4n) is 1.03. The fraction of sp³-hybridized carbons (Fsp3) is 0. The minimum atomic E-state index is -2.38. The number of nitrogen functional groups attached to an aromatic ring is 1. The Kier molecular flexibility index (Phi) is 3.10. The Bertz CT molecular complexity index is 581. The van der Waals surface area contributed by atoms with Gasteiger partial charge >= 0.3 is 106 Å². The second kappa shape index (κ2) is 4.07. The van der Waals surface area contributed by atoms with Crippen LogP contribution in [0.25, 0.3) is 11.2 Å². The summed E-state index contributed by atoms with van der Waals surface area (Å²) in [5.74, 6) is 0.0207. The summed E-state index contributed by atoms with van der Waals surface area (Å²) in [7, 11) is 11.8. The van der Waals surface area contributed by atoms with E-state index in [0.717, 1.165) is 0 Å². The maximum atomic E-state index is 11.5. The van der Waals surface area contributed by atoms with Crippen molar-refractivity contribution in [2.75, 3.05) is 5.73 Å². The molecule has 0 saturated heterocycles. The topological polar surface area (TPSA) is 89.6 Å². The first kappa shape index (κ1) is 11.4. The van der Waals surface area contributed by atoms with E-state index in [2.05, 4.69) is 31.0 Å². The molecular weight excluding hydrogens is 491 g/mol. The zero-order chi connectivity index (χ0) is 11.2. The molecule has 0 unspecified atom stereocenters. The van der Waals surface area contributed by atoms with Gasteiger partial charge < -0.3 is 0 Å². The van der Waals surface area contributed by atoms with E-state index in [4.69, 9.17) is 24.6 Å². The van der Waals surface area contributed by atoms with Crippen molar-refractivity contribution in [2.24, 2.45) is 0 Å². The molecule has 2 rings (SSSR count). The summed E-state index contributed by atoms with van der Waals surface area (Å²) in [5.41, 5.74) is 5.56. The first-order chi connectivity index (χ1) is 7.00. The Hall–Kier alpha value is -0.0622. The number of hydrogen-bond donors (Lipinski definition) is 2. The number of imidazole rings is 1. The molecule has 0 radical (unpaired) electrons. The van der Waals surface area contributed by atoms with Crippen LogP contribution in [0.5, 0.6) is 0 Å². The second-order valence-corrected chi connectivity index (χ2v) is 10.1. The first-order valence-corrected chi connectivity index (χ1v) is 11.0. The number of anilines is 1. The van der Waals surface area contributed by atoms with Crippen LogP contribution in [0.1, 0.15) is 0 Å². The molecule has 2 aromatic rings. The molecule has 0 aliphatic heterocycles. The standard InChI is InChI=1S/C5H5N5OSe.2ClH.Pt/c6-4-8-2-1(3(11)10-4)7-5(12)9-2;;;/h(H5,6,7,8,9,10,11,12);2*1H;/q;;;+3/p-3. The van der Waals surface area contributed by atoms with Gasteiger partial charge in [-0.15, -0.1) is 0 Å². The molecule has 0 spiro atoms. The van der Waals surface area contributed by atoms with Crippen molar-refractivity contribution in [3.63, 3.8) is 0 Å². The zero-order valence-corrected chi connectivity index (χ0v) is 12.5. The molecule has 15 heavy (non-hydrogen) atoms. The molecule has 2 aromatic heterocycles. The Balaban J connectivity index is 2.93. The van der Waals surface area contributed by atoms with Crippen LogP contribution in [0, 0.1) is 0 Å². The van der Waals surface area contributed by atoms with Crippen LogP contribution in [0.3, 0.4) is 0 Å². The number of nitrogens with one attached hydrogen (secondary N) is 1. The summed E-state index contributed by atoms with van der Waals surface area (Å²) in [6, 6.07) is 0. The number of hydrogen-bond acceptors (Lipinski definition) is 4. The average molecular weight is 495 g/mol. The van der Waals surface area contributed by atoms with Crippen molar-refractivity contribution < 1.29 is 15.5 Å². The third kappa shape index (κ3) is 1.95. The molecule has 0 aliphatic carbocycles. The molecule has 0 saturated carbocycles. The van der Waals surface area contributed by atoms with Gasteiger partial charge in [-0.25, -0.2) is 0 Å². The van der Waals surface area contributed by atoms with E-state index in [1.54, 1.807) is 3.13 Å². The average Bonchev–Trinajstić information content (AvgIpc) is 2.41. The number of fused-ring (bicyclic) bond motifs is 1. The van der Waals surface area contributed by atoms with Gasteiger partial charge in [0.25, 0.3) is 0 Å². The van der Waals surface area contributed by atoms with Gasteiger partial charge in [-0.2, -0.15) is 0 Å². The van der Waals surface area contributed by atoms with Crippen molar-refractivity contribution in [3.8, 4) is 0 Å². The monoisotopic (exact) mass is 495 g/mol. The van der Waals surface area contributed by atoms with E-state index < -0.39 is 21.0 Å². The maximum absolute atomic E-state index is 11.5. The Labute approximate surface area is 106 Å². The molecule has 10 heteroatoms. The van der Waals surface area contributed by atoms with Gasteiger partial charge in [-0.05, 0) is 0 Å². The van der Waals surface area contributed by atoms with Gasteiger partial charge in [-0.1, -0.05) is 0 Å². The molecule has 0 atom stereocenters. The van der Waals surface area contributed by atoms with E-state index in [9.17, 15) is 4.79 Å². The Morgan fingerprint density at radius 2 is 2.13 bits per heavy atom. The molecule has 0 aromatic carbocycles. The van der Waals surface area contributed by atoms with E-state index in [1.165, 1.54) is 0 Å². The van der Waals surface area contributed by atoms with Gasteiger partial charge in [-0.3, -0.25) is 0 Å². The van der Waals surface area contributed by atoms with Gasteiger partial charge in [0.15, 0.2) is 0 Å². The van der Waals surface area contributed by atoms with Crippen LogP contribution in [0.2, 0.25) is 0 Å². The van der Waals surface area contributed by atoms with Gasteiger partial charge in [0.2, 0.25) is 0 Å². The molecule has 3 N–H and O–H groups in total. The number of aromatic nitrogens is 4. The number of halogens is 2. The number of nitrogens with zero attached hydrogens (tertiary/aromatic N) is 3. The summed E-state index contributed by atoms with van der Waals surface area (Å²) in [6.07, 6.45) is 0. The van der Waals surface area contributed by atoms with E-state index in [-0.39, 0.29) is 11.5 Å². The number of nitrogens with two attached hydrogens (primary N) is 1. The van der Waals surface area contributed by atoms with Crippen LogP contribution in [0.15, 0.2) is 4.79 Å². The fourth-order valence-corrected chi connectivity index (χ4v) is 6.69. The Morgan fingerprint density at radius 1 is 1.47 bits per heavy atom. The van der Waals surface area contributed by atoms with Crippen molar-refractivity contribution >= 4 is 56.7 Å². The van der Waals surface area contributed by atoms with E-state index >= 15 is 0 Å². The summed E-state index contributed by atoms with van der Waals surface area (Å²) in [5, 5.41) is 0. The predicted octanol–water partition coefficient (Wildman–Crippen LogP) is -1.08. The molecule has 85 valence electrons. The van der Waals surface area contributed by atoms with Crippen molar-refractivity contribution in [1.29, 1.82) is 0 Å². The molecule has 6 nitrogen and oxygen atoms in total. The van der Waals surface area contributed by atoms with Crippen LogP contribution in [-0.4, -0.2) is 34.1 Å². The third-order valence-corrected chi connectivity index (χ3v) is 6.51. The van der Waals surface area contributed by atoms with Crippen LogP contribution in [-0.2, 0) is 15.5 Å². The van der Waals surface area contributed by atoms with Crippen LogP contribution in [0.4, 0.5) is 5.95 Å². The minimum absolute atomic E-state index is 0.0207. The molecule has 0 bridgehead atoms. The summed E-state index contributed by atoms with van der Waals surface area (Å²) >= 11 is -0.179. The Morgan fingerprint density at radius 3 is 2.73 bits per heavy atom. The summed E-state index contributed by atoms with van der Waals surface area (Å²) in [6.45, 7) is 0. The van der Waals surface area contributed by atoms with Crippen LogP contribution < -0.4 is 16.0 Å². The SMILES string of the molecule is Nc1nc2c(nc([SeH])[n]2[Pt]([Cl])[Cl])c(=O)[nH]1.